The highest BCUT2D eigenvalue weighted by atomic mass is 35.5. The molecule has 0 unspecified atom stereocenters. The standard InChI is InChI=1S/C26H21Cl2N3O3/c1-2-33-26(32)23-24(28)22(34-25(23)30-19-11-9-10-18(27)16-19)17-29-31(20-12-5-3-6-13-20)21-14-7-4-8-15-21/h3-17,30H,2H2,1H3/b29-17-. The van der Waals surface area contributed by atoms with Crippen LogP contribution in [-0.2, 0) is 4.74 Å². The zero-order chi connectivity index (χ0) is 23.9. The minimum absolute atomic E-state index is 0.0796. The van der Waals surface area contributed by atoms with Gasteiger partial charge < -0.3 is 14.5 Å². The number of nitrogens with one attached hydrogen (secondary N) is 1. The van der Waals surface area contributed by atoms with Gasteiger partial charge in [-0.2, -0.15) is 5.10 Å². The summed E-state index contributed by atoms with van der Waals surface area (Å²) < 4.78 is 11.1. The fourth-order valence-electron chi connectivity index (χ4n) is 3.21. The quantitative estimate of drug-likeness (QED) is 0.155. The van der Waals surface area contributed by atoms with E-state index in [2.05, 4.69) is 10.4 Å². The van der Waals surface area contributed by atoms with Crippen LogP contribution in [0.5, 0.6) is 0 Å². The molecule has 0 aliphatic rings. The van der Waals surface area contributed by atoms with Crippen molar-refractivity contribution in [2.45, 2.75) is 6.92 Å². The second kappa shape index (κ2) is 10.9. The Morgan fingerprint density at radius 1 is 1.00 bits per heavy atom. The van der Waals surface area contributed by atoms with Crippen LogP contribution in [-0.4, -0.2) is 18.8 Å². The Labute approximate surface area is 207 Å². The Morgan fingerprint density at radius 2 is 1.65 bits per heavy atom. The van der Waals surface area contributed by atoms with E-state index in [-0.39, 0.29) is 28.8 Å². The third-order valence-corrected chi connectivity index (χ3v) is 5.34. The first kappa shape index (κ1) is 23.4. The monoisotopic (exact) mass is 493 g/mol. The number of ether oxygens (including phenoxy) is 1. The highest BCUT2D eigenvalue weighted by Gasteiger charge is 2.26. The van der Waals surface area contributed by atoms with Crippen LogP contribution in [0.1, 0.15) is 23.0 Å². The molecule has 1 aromatic heterocycles. The molecule has 8 heteroatoms. The van der Waals surface area contributed by atoms with Gasteiger partial charge in [-0.1, -0.05) is 65.7 Å². The van der Waals surface area contributed by atoms with Crippen LogP contribution in [0.25, 0.3) is 0 Å². The molecule has 0 radical (unpaired) electrons. The summed E-state index contributed by atoms with van der Waals surface area (Å²) in [5, 5.41) is 10.0. The number of esters is 1. The van der Waals surface area contributed by atoms with Crippen LogP contribution in [0.4, 0.5) is 22.9 Å². The molecule has 4 aromatic rings. The normalized spacial score (nSPS) is 10.9. The molecular formula is C26H21Cl2N3O3. The Morgan fingerprint density at radius 3 is 2.24 bits per heavy atom. The number of para-hydroxylation sites is 2. The summed E-state index contributed by atoms with van der Waals surface area (Å²) in [5.74, 6) is -0.271. The highest BCUT2D eigenvalue weighted by molar-refractivity contribution is 6.36. The van der Waals surface area contributed by atoms with E-state index in [4.69, 9.17) is 32.4 Å². The van der Waals surface area contributed by atoms with Gasteiger partial charge in [-0.05, 0) is 49.4 Å². The number of anilines is 4. The SMILES string of the molecule is CCOC(=O)c1c(Nc2cccc(Cl)c2)oc(/C=N\N(c2ccccc2)c2ccccc2)c1Cl. The number of halogens is 2. The Balaban J connectivity index is 1.73. The molecular weight excluding hydrogens is 473 g/mol. The number of nitrogens with zero attached hydrogens (tertiary/aromatic N) is 2. The number of hydrazone groups is 1. The second-order valence-corrected chi connectivity index (χ2v) is 7.88. The zero-order valence-corrected chi connectivity index (χ0v) is 19.8. The van der Waals surface area contributed by atoms with E-state index in [0.29, 0.717) is 10.7 Å². The van der Waals surface area contributed by atoms with E-state index in [1.807, 2.05) is 60.7 Å². The first-order valence-electron chi connectivity index (χ1n) is 10.5. The predicted octanol–water partition coefficient (Wildman–Crippen LogP) is 7.68. The summed E-state index contributed by atoms with van der Waals surface area (Å²) in [5.41, 5.74) is 2.39. The number of hydrogen-bond donors (Lipinski definition) is 1. The second-order valence-electron chi connectivity index (χ2n) is 7.07. The smallest absolute Gasteiger partial charge is 0.345 e. The number of carbonyl (C=O) groups is 1. The van der Waals surface area contributed by atoms with Crippen molar-refractivity contribution in [1.82, 2.24) is 0 Å². The minimum atomic E-state index is -0.608. The molecule has 0 bridgehead atoms. The maximum Gasteiger partial charge on any atom is 0.345 e. The van der Waals surface area contributed by atoms with Gasteiger partial charge in [-0.25, -0.2) is 9.80 Å². The topological polar surface area (TPSA) is 67.1 Å². The van der Waals surface area contributed by atoms with Crippen LogP contribution >= 0.6 is 23.2 Å². The van der Waals surface area contributed by atoms with E-state index < -0.39 is 5.97 Å². The average molecular weight is 494 g/mol. The van der Waals surface area contributed by atoms with Gasteiger partial charge in [0, 0.05) is 10.7 Å². The van der Waals surface area contributed by atoms with Gasteiger partial charge in [0.1, 0.15) is 10.6 Å². The third-order valence-electron chi connectivity index (χ3n) is 4.73. The molecule has 0 aliphatic heterocycles. The van der Waals surface area contributed by atoms with Gasteiger partial charge in [0.05, 0.1) is 24.2 Å². The largest absolute Gasteiger partial charge is 0.462 e. The molecule has 3 aromatic carbocycles. The van der Waals surface area contributed by atoms with Crippen molar-refractivity contribution < 1.29 is 13.9 Å². The lowest BCUT2D eigenvalue weighted by Gasteiger charge is -2.18. The van der Waals surface area contributed by atoms with E-state index in [1.54, 1.807) is 36.2 Å². The first-order valence-corrected chi connectivity index (χ1v) is 11.3. The Hall–Kier alpha value is -3.74. The molecule has 6 nitrogen and oxygen atoms in total. The lowest BCUT2D eigenvalue weighted by Crippen LogP contribution is -2.09. The van der Waals surface area contributed by atoms with E-state index >= 15 is 0 Å². The highest BCUT2D eigenvalue weighted by Crippen LogP contribution is 2.35. The van der Waals surface area contributed by atoms with E-state index in [9.17, 15) is 4.79 Å². The van der Waals surface area contributed by atoms with Crippen molar-refractivity contribution in [3.63, 3.8) is 0 Å². The lowest BCUT2D eigenvalue weighted by molar-refractivity contribution is 0.0527. The van der Waals surface area contributed by atoms with Crippen LogP contribution in [0.15, 0.2) is 94.4 Å². The fraction of sp³-hybridized carbons (Fsp3) is 0.0769. The number of furan rings is 1. The molecule has 0 aliphatic carbocycles. The number of benzene rings is 3. The van der Waals surface area contributed by atoms with Crippen molar-refractivity contribution in [2.75, 3.05) is 16.9 Å². The third kappa shape index (κ3) is 5.42. The molecule has 0 spiro atoms. The number of carbonyl (C=O) groups excluding carboxylic acids is 1. The van der Waals surface area contributed by atoms with E-state index in [1.165, 1.54) is 6.21 Å². The number of hydrogen-bond acceptors (Lipinski definition) is 6. The van der Waals surface area contributed by atoms with E-state index in [0.717, 1.165) is 11.4 Å². The molecule has 0 amide bonds. The Bertz CT molecular complexity index is 1250. The molecule has 34 heavy (non-hydrogen) atoms. The molecule has 0 atom stereocenters. The molecule has 0 saturated carbocycles. The summed E-state index contributed by atoms with van der Waals surface area (Å²) in [6.45, 7) is 1.91. The van der Waals surface area contributed by atoms with Gasteiger partial charge in [0.25, 0.3) is 0 Å². The minimum Gasteiger partial charge on any atom is -0.462 e. The predicted molar refractivity (Wildman–Crippen MR) is 137 cm³/mol. The van der Waals surface area contributed by atoms with Gasteiger partial charge >= 0.3 is 5.97 Å². The van der Waals surface area contributed by atoms with Crippen LogP contribution < -0.4 is 10.3 Å². The zero-order valence-electron chi connectivity index (χ0n) is 18.2. The summed E-state index contributed by atoms with van der Waals surface area (Å²) in [6.07, 6.45) is 1.47. The summed E-state index contributed by atoms with van der Waals surface area (Å²) in [6, 6.07) is 26.3. The van der Waals surface area contributed by atoms with Gasteiger partial charge in [0.15, 0.2) is 5.76 Å². The molecule has 0 saturated heterocycles. The maximum absolute atomic E-state index is 12.7. The maximum atomic E-state index is 12.7. The van der Waals surface area contributed by atoms with Gasteiger partial charge in [-0.15, -0.1) is 0 Å². The van der Waals surface area contributed by atoms with Crippen molar-refractivity contribution in [3.8, 4) is 0 Å². The van der Waals surface area contributed by atoms with Crippen molar-refractivity contribution in [1.29, 1.82) is 0 Å². The van der Waals surface area contributed by atoms with Crippen molar-refractivity contribution in [2.24, 2.45) is 5.10 Å². The average Bonchev–Trinajstić information content (AvgIpc) is 3.15. The fourth-order valence-corrected chi connectivity index (χ4v) is 3.65. The van der Waals surface area contributed by atoms with Crippen molar-refractivity contribution in [3.05, 3.63) is 106 Å². The number of rotatable bonds is 8. The van der Waals surface area contributed by atoms with Crippen LogP contribution in [0, 0.1) is 0 Å². The summed E-state index contributed by atoms with van der Waals surface area (Å²) >= 11 is 12.6. The molecule has 172 valence electrons. The molecule has 4 rings (SSSR count). The van der Waals surface area contributed by atoms with Gasteiger partial charge in [-0.3, -0.25) is 0 Å². The van der Waals surface area contributed by atoms with Gasteiger partial charge in [0.2, 0.25) is 5.88 Å². The van der Waals surface area contributed by atoms with Crippen LogP contribution in [0.3, 0.4) is 0 Å². The molecule has 0 fully saturated rings. The molecule has 1 heterocycles. The van der Waals surface area contributed by atoms with Crippen LogP contribution in [0.2, 0.25) is 10.0 Å². The van der Waals surface area contributed by atoms with Crippen molar-refractivity contribution >= 4 is 58.3 Å². The summed E-state index contributed by atoms with van der Waals surface area (Å²) in [7, 11) is 0. The summed E-state index contributed by atoms with van der Waals surface area (Å²) in [4.78, 5) is 12.7. The first-order chi connectivity index (χ1) is 16.6. The molecule has 1 N–H and O–H groups in total. The Kier molecular flexibility index (Phi) is 7.52. The lowest BCUT2D eigenvalue weighted by atomic mass is 10.2.